The summed E-state index contributed by atoms with van der Waals surface area (Å²) >= 11 is 0. The lowest BCUT2D eigenvalue weighted by Gasteiger charge is -1.93. The molecule has 0 saturated heterocycles. The van der Waals surface area contributed by atoms with E-state index in [9.17, 15) is 0 Å². The van der Waals surface area contributed by atoms with Gasteiger partial charge in [0.15, 0.2) is 0 Å². The van der Waals surface area contributed by atoms with E-state index < -0.39 is 0 Å². The second-order valence-corrected chi connectivity index (χ2v) is 2.47. The molecule has 0 aliphatic rings. The van der Waals surface area contributed by atoms with Crippen molar-refractivity contribution < 1.29 is 0 Å². The van der Waals surface area contributed by atoms with Gasteiger partial charge < -0.3 is 0 Å². The van der Waals surface area contributed by atoms with Gasteiger partial charge in [-0.1, -0.05) is 6.07 Å². The van der Waals surface area contributed by atoms with Gasteiger partial charge in [0.25, 0.3) is 0 Å². The van der Waals surface area contributed by atoms with Crippen LogP contribution in [0.25, 0.3) is 11.4 Å². The van der Waals surface area contributed by atoms with Crippen molar-refractivity contribution in [3.63, 3.8) is 0 Å². The van der Waals surface area contributed by atoms with E-state index in [-0.39, 0.29) is 0 Å². The van der Waals surface area contributed by atoms with Crippen LogP contribution in [0.15, 0.2) is 24.4 Å². The van der Waals surface area contributed by atoms with E-state index in [2.05, 4.69) is 20.4 Å². The normalized spacial score (nSPS) is 10.1. The zero-order valence-electron chi connectivity index (χ0n) is 6.65. The zero-order chi connectivity index (χ0) is 8.39. The Morgan fingerprint density at radius 2 is 2.17 bits per heavy atom. The topological polar surface area (TPSA) is 54.5 Å². The molecule has 0 bridgehead atoms. The van der Waals surface area contributed by atoms with E-state index in [1.54, 1.807) is 6.20 Å². The maximum Gasteiger partial charge on any atom is 0.134 e. The van der Waals surface area contributed by atoms with Crippen LogP contribution >= 0.6 is 0 Å². The fourth-order valence-electron chi connectivity index (χ4n) is 1.03. The number of aryl methyl sites for hydroxylation is 1. The van der Waals surface area contributed by atoms with Crippen molar-refractivity contribution in [1.82, 2.24) is 20.4 Å². The van der Waals surface area contributed by atoms with Crippen molar-refractivity contribution in [3.8, 4) is 11.4 Å². The highest BCUT2D eigenvalue weighted by atomic mass is 15.3. The molecule has 0 atom stereocenters. The van der Waals surface area contributed by atoms with Gasteiger partial charge in [0.05, 0.1) is 11.4 Å². The molecule has 0 fully saturated rings. The van der Waals surface area contributed by atoms with Gasteiger partial charge in [0, 0.05) is 6.20 Å². The Morgan fingerprint density at radius 3 is 2.75 bits per heavy atom. The maximum atomic E-state index is 4.16. The van der Waals surface area contributed by atoms with Gasteiger partial charge in [-0.25, -0.2) is 0 Å². The van der Waals surface area contributed by atoms with Crippen LogP contribution in [0, 0.1) is 6.92 Å². The van der Waals surface area contributed by atoms with Crippen molar-refractivity contribution >= 4 is 0 Å². The number of aromatic amines is 1. The first-order valence-corrected chi connectivity index (χ1v) is 3.66. The Kier molecular flexibility index (Phi) is 1.59. The molecule has 1 N–H and O–H groups in total. The maximum absolute atomic E-state index is 4.16. The molecular weight excluding hydrogens is 152 g/mol. The van der Waals surface area contributed by atoms with Gasteiger partial charge >= 0.3 is 0 Å². The third-order valence-electron chi connectivity index (χ3n) is 1.63. The van der Waals surface area contributed by atoms with Gasteiger partial charge in [-0.05, 0) is 19.1 Å². The number of rotatable bonds is 1. The van der Waals surface area contributed by atoms with Gasteiger partial charge in [0.2, 0.25) is 0 Å². The summed E-state index contributed by atoms with van der Waals surface area (Å²) in [5.41, 5.74) is 2.54. The first kappa shape index (κ1) is 6.97. The summed E-state index contributed by atoms with van der Waals surface area (Å²) in [6, 6.07) is 5.71. The number of H-pyrrole nitrogens is 1. The molecule has 60 valence electrons. The molecule has 2 heterocycles. The standard InChI is InChI=1S/C8H8N4/c1-6-8(11-12-10-6)7-4-2-3-5-9-7/h2-5H,1H3,(H,10,11,12). The van der Waals surface area contributed by atoms with Crippen molar-refractivity contribution in [1.29, 1.82) is 0 Å². The Hall–Kier alpha value is -1.71. The van der Waals surface area contributed by atoms with E-state index in [0.717, 1.165) is 17.1 Å². The van der Waals surface area contributed by atoms with Crippen LogP contribution in [-0.4, -0.2) is 20.4 Å². The lowest BCUT2D eigenvalue weighted by molar-refractivity contribution is 0.929. The van der Waals surface area contributed by atoms with Crippen LogP contribution in [0.1, 0.15) is 5.69 Å². The van der Waals surface area contributed by atoms with E-state index in [1.165, 1.54) is 0 Å². The summed E-state index contributed by atoms with van der Waals surface area (Å²) in [4.78, 5) is 4.16. The van der Waals surface area contributed by atoms with E-state index >= 15 is 0 Å². The summed E-state index contributed by atoms with van der Waals surface area (Å²) in [7, 11) is 0. The van der Waals surface area contributed by atoms with Crippen molar-refractivity contribution in [2.75, 3.05) is 0 Å². The average molecular weight is 160 g/mol. The number of pyridine rings is 1. The Balaban J connectivity index is 2.51. The number of hydrogen-bond donors (Lipinski definition) is 1. The SMILES string of the molecule is Cc1n[nH]nc1-c1ccccn1. The molecule has 0 aromatic carbocycles. The molecule has 2 aromatic rings. The number of nitrogens with zero attached hydrogens (tertiary/aromatic N) is 3. The van der Waals surface area contributed by atoms with E-state index in [1.807, 2.05) is 25.1 Å². The molecule has 2 rings (SSSR count). The quantitative estimate of drug-likeness (QED) is 0.681. The van der Waals surface area contributed by atoms with Crippen LogP contribution in [0.5, 0.6) is 0 Å². The minimum absolute atomic E-state index is 0.815. The van der Waals surface area contributed by atoms with Crippen molar-refractivity contribution in [2.45, 2.75) is 6.92 Å². The molecular formula is C8H8N4. The summed E-state index contributed by atoms with van der Waals surface area (Å²) in [5, 5.41) is 10.5. The monoisotopic (exact) mass is 160 g/mol. The molecule has 0 spiro atoms. The summed E-state index contributed by atoms with van der Waals surface area (Å²) < 4.78 is 0. The molecule has 0 radical (unpaired) electrons. The summed E-state index contributed by atoms with van der Waals surface area (Å²) in [6.07, 6.45) is 1.74. The number of hydrogen-bond acceptors (Lipinski definition) is 3. The number of nitrogens with one attached hydrogen (secondary N) is 1. The molecule has 0 aliphatic heterocycles. The highest BCUT2D eigenvalue weighted by Gasteiger charge is 2.05. The van der Waals surface area contributed by atoms with Gasteiger partial charge in [-0.3, -0.25) is 4.98 Å². The van der Waals surface area contributed by atoms with Gasteiger partial charge in [0.1, 0.15) is 5.69 Å². The minimum Gasteiger partial charge on any atom is -0.254 e. The van der Waals surface area contributed by atoms with Crippen LogP contribution in [0.4, 0.5) is 0 Å². The Labute approximate surface area is 69.7 Å². The molecule has 0 saturated carbocycles. The predicted octanol–water partition coefficient (Wildman–Crippen LogP) is 1.18. The second kappa shape index (κ2) is 2.73. The molecule has 4 nitrogen and oxygen atoms in total. The first-order chi connectivity index (χ1) is 5.88. The average Bonchev–Trinajstić information content (AvgIpc) is 2.53. The second-order valence-electron chi connectivity index (χ2n) is 2.47. The molecule has 0 aliphatic carbocycles. The Morgan fingerprint density at radius 1 is 1.25 bits per heavy atom. The highest BCUT2D eigenvalue weighted by molar-refractivity contribution is 5.55. The van der Waals surface area contributed by atoms with Crippen LogP contribution in [0.3, 0.4) is 0 Å². The van der Waals surface area contributed by atoms with Gasteiger partial charge in [-0.2, -0.15) is 15.4 Å². The molecule has 12 heavy (non-hydrogen) atoms. The van der Waals surface area contributed by atoms with Crippen LogP contribution in [0.2, 0.25) is 0 Å². The third kappa shape index (κ3) is 1.07. The largest absolute Gasteiger partial charge is 0.254 e. The fraction of sp³-hybridized carbons (Fsp3) is 0.125. The Bertz CT molecular complexity index is 366. The van der Waals surface area contributed by atoms with E-state index in [0.29, 0.717) is 0 Å². The number of aromatic nitrogens is 4. The van der Waals surface area contributed by atoms with E-state index in [4.69, 9.17) is 0 Å². The fourth-order valence-corrected chi connectivity index (χ4v) is 1.03. The zero-order valence-corrected chi connectivity index (χ0v) is 6.65. The highest BCUT2D eigenvalue weighted by Crippen LogP contribution is 2.14. The molecule has 0 amide bonds. The summed E-state index contributed by atoms with van der Waals surface area (Å²) in [5.74, 6) is 0. The predicted molar refractivity (Wildman–Crippen MR) is 44.4 cm³/mol. The minimum atomic E-state index is 0.815. The van der Waals surface area contributed by atoms with Crippen molar-refractivity contribution in [3.05, 3.63) is 30.1 Å². The van der Waals surface area contributed by atoms with Crippen LogP contribution in [-0.2, 0) is 0 Å². The first-order valence-electron chi connectivity index (χ1n) is 3.66. The summed E-state index contributed by atoms with van der Waals surface area (Å²) in [6.45, 7) is 1.90. The molecule has 4 heteroatoms. The van der Waals surface area contributed by atoms with Gasteiger partial charge in [-0.15, -0.1) is 0 Å². The molecule has 2 aromatic heterocycles. The van der Waals surface area contributed by atoms with Crippen LogP contribution < -0.4 is 0 Å². The molecule has 0 unspecified atom stereocenters. The lowest BCUT2D eigenvalue weighted by Crippen LogP contribution is -1.84. The third-order valence-corrected chi connectivity index (χ3v) is 1.63. The lowest BCUT2D eigenvalue weighted by atomic mass is 10.2. The smallest absolute Gasteiger partial charge is 0.134 e. The van der Waals surface area contributed by atoms with Crippen molar-refractivity contribution in [2.24, 2.45) is 0 Å².